The Kier molecular flexibility index (Phi) is 4.67. The van der Waals surface area contributed by atoms with Crippen LogP contribution in [0.2, 0.25) is 0 Å². The third-order valence-electron chi connectivity index (χ3n) is 3.58. The van der Waals surface area contributed by atoms with E-state index in [1.54, 1.807) is 36.2 Å². The van der Waals surface area contributed by atoms with Crippen LogP contribution < -0.4 is 10.1 Å². The summed E-state index contributed by atoms with van der Waals surface area (Å²) in [5.41, 5.74) is 0.582. The van der Waals surface area contributed by atoms with Crippen molar-refractivity contribution < 1.29 is 19.4 Å². The lowest BCUT2D eigenvalue weighted by Crippen LogP contribution is -2.33. The Hall–Kier alpha value is -2.24. The van der Waals surface area contributed by atoms with Gasteiger partial charge in [0.25, 0.3) is 0 Å². The molecular weight excluding hydrogens is 272 g/mol. The summed E-state index contributed by atoms with van der Waals surface area (Å²) in [5.74, 6) is 0.676. The second kappa shape index (κ2) is 6.47. The lowest BCUT2D eigenvalue weighted by atomic mass is 10.3. The Morgan fingerprint density at radius 2 is 2.19 bits per heavy atom. The molecule has 0 aliphatic heterocycles. The van der Waals surface area contributed by atoms with Gasteiger partial charge >= 0.3 is 12.0 Å². The topological polar surface area (TPSA) is 78.9 Å². The van der Waals surface area contributed by atoms with Crippen molar-refractivity contribution in [2.45, 2.75) is 13.3 Å². The number of amides is 2. The summed E-state index contributed by atoms with van der Waals surface area (Å²) >= 11 is 0. The number of urea groups is 1. The van der Waals surface area contributed by atoms with Crippen molar-refractivity contribution in [2.24, 2.45) is 11.8 Å². The van der Waals surface area contributed by atoms with E-state index < -0.39 is 12.6 Å². The number of carboxylic acid groups (broad SMARTS) is 1. The van der Waals surface area contributed by atoms with Crippen LogP contribution in [0.3, 0.4) is 0 Å². The van der Waals surface area contributed by atoms with Gasteiger partial charge in [-0.25, -0.2) is 9.59 Å². The molecule has 2 unspecified atom stereocenters. The minimum atomic E-state index is -1.04. The molecule has 2 amide bonds. The quantitative estimate of drug-likeness (QED) is 0.843. The molecule has 1 saturated carbocycles. The first-order valence-corrected chi connectivity index (χ1v) is 6.92. The van der Waals surface area contributed by atoms with Crippen molar-refractivity contribution in [1.29, 1.82) is 0 Å². The van der Waals surface area contributed by atoms with E-state index in [0.717, 1.165) is 6.54 Å². The predicted molar refractivity (Wildman–Crippen MR) is 78.5 cm³/mol. The zero-order valence-corrected chi connectivity index (χ0v) is 12.2. The van der Waals surface area contributed by atoms with Crippen LogP contribution in [0.5, 0.6) is 5.75 Å². The van der Waals surface area contributed by atoms with Crippen molar-refractivity contribution in [3.63, 3.8) is 0 Å². The molecule has 0 bridgehead atoms. The second-order valence-corrected chi connectivity index (χ2v) is 5.49. The van der Waals surface area contributed by atoms with E-state index in [1.807, 2.05) is 0 Å². The summed E-state index contributed by atoms with van der Waals surface area (Å²) in [7, 11) is 1.77. The van der Waals surface area contributed by atoms with Gasteiger partial charge in [-0.05, 0) is 30.4 Å². The zero-order valence-electron chi connectivity index (χ0n) is 12.2. The van der Waals surface area contributed by atoms with E-state index in [-0.39, 0.29) is 6.03 Å². The van der Waals surface area contributed by atoms with Crippen LogP contribution in [0.4, 0.5) is 10.5 Å². The maximum Gasteiger partial charge on any atom is 0.341 e. The Morgan fingerprint density at radius 3 is 2.81 bits per heavy atom. The van der Waals surface area contributed by atoms with E-state index in [1.165, 1.54) is 6.42 Å². The van der Waals surface area contributed by atoms with Gasteiger partial charge in [-0.2, -0.15) is 0 Å². The minimum Gasteiger partial charge on any atom is -0.482 e. The number of benzene rings is 1. The number of carboxylic acids is 1. The molecule has 1 aliphatic rings. The molecular formula is C15H20N2O4. The van der Waals surface area contributed by atoms with Gasteiger partial charge in [-0.3, -0.25) is 0 Å². The molecule has 1 aromatic rings. The number of hydrogen-bond donors (Lipinski definition) is 2. The molecule has 6 heteroatoms. The van der Waals surface area contributed by atoms with Gasteiger partial charge in [-0.15, -0.1) is 0 Å². The standard InChI is InChI=1S/C15H20N2O4/c1-10-6-11(10)8-17(2)15(20)16-12-4-3-5-13(7-12)21-9-14(18)19/h3-5,7,10-11H,6,8-9H2,1-2H3,(H,16,20)(H,18,19). The third-order valence-corrected chi connectivity index (χ3v) is 3.58. The number of anilines is 1. The molecule has 0 spiro atoms. The van der Waals surface area contributed by atoms with Crippen LogP contribution in [-0.2, 0) is 4.79 Å². The highest BCUT2D eigenvalue weighted by atomic mass is 16.5. The van der Waals surface area contributed by atoms with E-state index in [4.69, 9.17) is 9.84 Å². The van der Waals surface area contributed by atoms with Crippen LogP contribution in [0.15, 0.2) is 24.3 Å². The monoisotopic (exact) mass is 292 g/mol. The van der Waals surface area contributed by atoms with E-state index >= 15 is 0 Å². The van der Waals surface area contributed by atoms with E-state index in [2.05, 4.69) is 12.2 Å². The lowest BCUT2D eigenvalue weighted by Gasteiger charge is -2.18. The van der Waals surface area contributed by atoms with Crippen LogP contribution in [0.25, 0.3) is 0 Å². The van der Waals surface area contributed by atoms with Crippen molar-refractivity contribution in [1.82, 2.24) is 4.90 Å². The maximum atomic E-state index is 12.0. The van der Waals surface area contributed by atoms with Gasteiger partial charge < -0.3 is 20.1 Å². The van der Waals surface area contributed by atoms with Crippen molar-refractivity contribution in [3.05, 3.63) is 24.3 Å². The molecule has 2 N–H and O–H groups in total. The lowest BCUT2D eigenvalue weighted by molar-refractivity contribution is -0.139. The number of nitrogens with zero attached hydrogens (tertiary/aromatic N) is 1. The molecule has 2 atom stereocenters. The summed E-state index contributed by atoms with van der Waals surface area (Å²) in [6, 6.07) is 6.52. The van der Waals surface area contributed by atoms with Crippen molar-refractivity contribution >= 4 is 17.7 Å². The highest BCUT2D eigenvalue weighted by molar-refractivity contribution is 5.89. The number of nitrogens with one attached hydrogen (secondary N) is 1. The molecule has 2 rings (SSSR count). The Labute approximate surface area is 123 Å². The summed E-state index contributed by atoms with van der Waals surface area (Å²) in [4.78, 5) is 24.2. The Morgan fingerprint density at radius 1 is 1.48 bits per heavy atom. The molecule has 0 aromatic heterocycles. The number of carbonyl (C=O) groups excluding carboxylic acids is 1. The average molecular weight is 292 g/mol. The molecule has 0 saturated heterocycles. The molecule has 1 fully saturated rings. The van der Waals surface area contributed by atoms with Crippen LogP contribution >= 0.6 is 0 Å². The SMILES string of the molecule is CC1CC1CN(C)C(=O)Nc1cccc(OCC(=O)O)c1. The maximum absolute atomic E-state index is 12.0. The van der Waals surface area contributed by atoms with Gasteiger partial charge in [0, 0.05) is 25.3 Å². The first kappa shape index (κ1) is 15.2. The molecule has 0 radical (unpaired) electrons. The molecule has 1 aromatic carbocycles. The van der Waals surface area contributed by atoms with Gasteiger partial charge in [0.1, 0.15) is 5.75 Å². The van der Waals surface area contributed by atoms with Gasteiger partial charge in [0.05, 0.1) is 0 Å². The summed E-state index contributed by atoms with van der Waals surface area (Å²) in [6.45, 7) is 2.53. The first-order valence-electron chi connectivity index (χ1n) is 6.92. The van der Waals surface area contributed by atoms with E-state index in [9.17, 15) is 9.59 Å². The Bertz CT molecular complexity index is 532. The highest BCUT2D eigenvalue weighted by Crippen LogP contribution is 2.38. The fourth-order valence-corrected chi connectivity index (χ4v) is 2.12. The summed E-state index contributed by atoms with van der Waals surface area (Å²) < 4.78 is 5.07. The molecule has 6 nitrogen and oxygen atoms in total. The molecule has 1 aliphatic carbocycles. The van der Waals surface area contributed by atoms with Crippen LogP contribution in [0.1, 0.15) is 13.3 Å². The number of ether oxygens (including phenoxy) is 1. The summed E-state index contributed by atoms with van der Waals surface area (Å²) in [6.07, 6.45) is 1.18. The second-order valence-electron chi connectivity index (χ2n) is 5.49. The van der Waals surface area contributed by atoms with Gasteiger partial charge in [-0.1, -0.05) is 13.0 Å². The third kappa shape index (κ3) is 4.66. The number of carbonyl (C=O) groups is 2. The largest absolute Gasteiger partial charge is 0.482 e. The normalized spacial score (nSPS) is 19.7. The molecule has 114 valence electrons. The van der Waals surface area contributed by atoms with Crippen molar-refractivity contribution in [3.8, 4) is 5.75 Å². The number of hydrogen-bond acceptors (Lipinski definition) is 3. The van der Waals surface area contributed by atoms with Crippen LogP contribution in [0, 0.1) is 11.8 Å². The molecule has 0 heterocycles. The smallest absolute Gasteiger partial charge is 0.341 e. The van der Waals surface area contributed by atoms with Crippen molar-refractivity contribution in [2.75, 3.05) is 25.5 Å². The summed E-state index contributed by atoms with van der Waals surface area (Å²) in [5, 5.41) is 11.3. The fraction of sp³-hybridized carbons (Fsp3) is 0.467. The average Bonchev–Trinajstić information content (AvgIpc) is 3.12. The first-order chi connectivity index (χ1) is 9.95. The number of rotatable bonds is 6. The highest BCUT2D eigenvalue weighted by Gasteiger charge is 2.34. The minimum absolute atomic E-state index is 0.176. The Balaban J connectivity index is 1.87. The molecule has 21 heavy (non-hydrogen) atoms. The zero-order chi connectivity index (χ0) is 15.4. The fourth-order valence-electron chi connectivity index (χ4n) is 2.12. The number of aliphatic carboxylic acids is 1. The van der Waals surface area contributed by atoms with Crippen LogP contribution in [-0.4, -0.2) is 42.2 Å². The van der Waals surface area contributed by atoms with Gasteiger partial charge in [0.15, 0.2) is 6.61 Å². The van der Waals surface area contributed by atoms with Gasteiger partial charge in [0.2, 0.25) is 0 Å². The van der Waals surface area contributed by atoms with E-state index in [0.29, 0.717) is 23.3 Å². The predicted octanol–water partition coefficient (Wildman–Crippen LogP) is 2.27.